The fourth-order valence-electron chi connectivity index (χ4n) is 1.54. The topological polar surface area (TPSA) is 101 Å². The lowest BCUT2D eigenvalue weighted by Crippen LogP contribution is -2.39. The van der Waals surface area contributed by atoms with E-state index in [1.54, 1.807) is 4.90 Å². The summed E-state index contributed by atoms with van der Waals surface area (Å²) in [5, 5.41) is 2.55. The lowest BCUT2D eigenvalue weighted by molar-refractivity contribution is -0.121. The highest BCUT2D eigenvalue weighted by molar-refractivity contribution is 5.95. The zero-order chi connectivity index (χ0) is 14.4. The minimum Gasteiger partial charge on any atom is -0.397 e. The fraction of sp³-hybridized carbons (Fsp3) is 0.333. The summed E-state index contributed by atoms with van der Waals surface area (Å²) in [4.78, 5) is 24.1. The molecule has 6 nitrogen and oxygen atoms in total. The molecule has 1 aromatic carbocycles. The van der Waals surface area contributed by atoms with Crippen molar-refractivity contribution in [3.63, 3.8) is 0 Å². The van der Waals surface area contributed by atoms with Gasteiger partial charge in [0.05, 0.1) is 24.5 Å². The van der Waals surface area contributed by atoms with Gasteiger partial charge in [-0.05, 0) is 24.7 Å². The molecule has 2 amide bonds. The summed E-state index contributed by atoms with van der Waals surface area (Å²) in [5.74, 6) is -1.32. The van der Waals surface area contributed by atoms with Gasteiger partial charge in [-0.15, -0.1) is 0 Å². The Labute approximate surface area is 110 Å². The number of likely N-dealkylation sites (N-methyl/N-ethyl adjacent to an activating group) is 1. The standard InChI is InChI=1S/C12H17FN4O2/c1-2-17(6-11(15)18)7-12(19)16-10-4-3-8(13)5-9(10)14/h3-5H,2,6-7,14H2,1H3,(H2,15,18)(H,16,19). The molecule has 19 heavy (non-hydrogen) atoms. The van der Waals surface area contributed by atoms with E-state index in [9.17, 15) is 14.0 Å². The average Bonchev–Trinajstić information content (AvgIpc) is 2.31. The summed E-state index contributed by atoms with van der Waals surface area (Å²) < 4.78 is 12.8. The maximum Gasteiger partial charge on any atom is 0.238 e. The number of nitrogens with two attached hydrogens (primary N) is 2. The molecule has 0 aliphatic heterocycles. The Morgan fingerprint density at radius 1 is 1.37 bits per heavy atom. The summed E-state index contributed by atoms with van der Waals surface area (Å²) in [7, 11) is 0. The second kappa shape index (κ2) is 6.69. The molecule has 0 radical (unpaired) electrons. The molecule has 0 aliphatic rings. The van der Waals surface area contributed by atoms with Crippen molar-refractivity contribution in [3.8, 4) is 0 Å². The van der Waals surface area contributed by atoms with Gasteiger partial charge in [0.1, 0.15) is 5.82 Å². The van der Waals surface area contributed by atoms with E-state index in [2.05, 4.69) is 5.32 Å². The number of benzene rings is 1. The van der Waals surface area contributed by atoms with Crippen molar-refractivity contribution in [1.29, 1.82) is 0 Å². The van der Waals surface area contributed by atoms with Crippen molar-refractivity contribution in [2.24, 2.45) is 5.73 Å². The molecule has 7 heteroatoms. The first-order valence-corrected chi connectivity index (χ1v) is 5.78. The molecule has 0 atom stereocenters. The van der Waals surface area contributed by atoms with Gasteiger partial charge in [-0.25, -0.2) is 4.39 Å². The Morgan fingerprint density at radius 2 is 2.05 bits per heavy atom. The number of nitrogen functional groups attached to an aromatic ring is 1. The minimum absolute atomic E-state index is 0.00280. The van der Waals surface area contributed by atoms with Crippen molar-refractivity contribution < 1.29 is 14.0 Å². The maximum absolute atomic E-state index is 12.8. The average molecular weight is 268 g/mol. The van der Waals surface area contributed by atoms with Gasteiger partial charge >= 0.3 is 0 Å². The van der Waals surface area contributed by atoms with E-state index >= 15 is 0 Å². The first-order chi connectivity index (χ1) is 8.92. The second-order valence-corrected chi connectivity index (χ2v) is 4.05. The van der Waals surface area contributed by atoms with Crippen LogP contribution in [0.2, 0.25) is 0 Å². The zero-order valence-corrected chi connectivity index (χ0v) is 10.6. The predicted octanol–water partition coefficient (Wildman–Crippen LogP) is 0.154. The van der Waals surface area contributed by atoms with E-state index in [4.69, 9.17) is 11.5 Å². The summed E-state index contributed by atoms with van der Waals surface area (Å²) in [6.45, 7) is 2.33. The number of carbonyl (C=O) groups is 2. The number of amides is 2. The number of anilines is 2. The van der Waals surface area contributed by atoms with E-state index in [0.717, 1.165) is 6.07 Å². The highest BCUT2D eigenvalue weighted by atomic mass is 19.1. The van der Waals surface area contributed by atoms with E-state index in [0.29, 0.717) is 12.2 Å². The van der Waals surface area contributed by atoms with Crippen LogP contribution in [0.15, 0.2) is 18.2 Å². The monoisotopic (exact) mass is 268 g/mol. The summed E-state index contributed by atoms with van der Waals surface area (Å²) in [5.41, 5.74) is 11.1. The van der Waals surface area contributed by atoms with Crippen LogP contribution in [-0.2, 0) is 9.59 Å². The Balaban J connectivity index is 2.61. The van der Waals surface area contributed by atoms with Crippen molar-refractivity contribution in [2.45, 2.75) is 6.92 Å². The SMILES string of the molecule is CCN(CC(N)=O)CC(=O)Nc1ccc(F)cc1N. The van der Waals surface area contributed by atoms with Gasteiger partial charge in [0, 0.05) is 0 Å². The van der Waals surface area contributed by atoms with Crippen LogP contribution in [0.1, 0.15) is 6.92 Å². The van der Waals surface area contributed by atoms with Gasteiger partial charge in [-0.3, -0.25) is 14.5 Å². The summed E-state index contributed by atoms with van der Waals surface area (Å²) in [6.07, 6.45) is 0. The van der Waals surface area contributed by atoms with Crippen LogP contribution in [0.4, 0.5) is 15.8 Å². The van der Waals surface area contributed by atoms with Crippen LogP contribution < -0.4 is 16.8 Å². The molecule has 0 saturated heterocycles. The van der Waals surface area contributed by atoms with Crippen LogP contribution in [0, 0.1) is 5.82 Å². The molecule has 1 rings (SSSR count). The fourth-order valence-corrected chi connectivity index (χ4v) is 1.54. The molecule has 0 fully saturated rings. The minimum atomic E-state index is -0.504. The lowest BCUT2D eigenvalue weighted by atomic mass is 10.2. The molecule has 0 aromatic heterocycles. The van der Waals surface area contributed by atoms with E-state index in [1.165, 1.54) is 12.1 Å². The molecule has 1 aromatic rings. The Morgan fingerprint density at radius 3 is 2.58 bits per heavy atom. The zero-order valence-electron chi connectivity index (χ0n) is 10.6. The molecular formula is C12H17FN4O2. The predicted molar refractivity (Wildman–Crippen MR) is 70.8 cm³/mol. The van der Waals surface area contributed by atoms with Crippen molar-refractivity contribution in [2.75, 3.05) is 30.7 Å². The number of halogens is 1. The molecule has 0 saturated carbocycles. The maximum atomic E-state index is 12.8. The van der Waals surface area contributed by atoms with Crippen molar-refractivity contribution in [3.05, 3.63) is 24.0 Å². The van der Waals surface area contributed by atoms with Gasteiger partial charge < -0.3 is 16.8 Å². The Bertz CT molecular complexity index is 479. The number of primary amides is 1. The van der Waals surface area contributed by atoms with Crippen LogP contribution >= 0.6 is 0 Å². The van der Waals surface area contributed by atoms with Crippen LogP contribution in [0.3, 0.4) is 0 Å². The molecular weight excluding hydrogens is 251 g/mol. The lowest BCUT2D eigenvalue weighted by Gasteiger charge is -2.18. The number of nitrogens with one attached hydrogen (secondary N) is 1. The third kappa shape index (κ3) is 4.92. The molecule has 0 heterocycles. The number of nitrogens with zero attached hydrogens (tertiary/aromatic N) is 1. The smallest absolute Gasteiger partial charge is 0.238 e. The van der Waals surface area contributed by atoms with Crippen molar-refractivity contribution in [1.82, 2.24) is 4.90 Å². The Hall–Kier alpha value is -2.15. The van der Waals surface area contributed by atoms with Crippen LogP contribution in [0.25, 0.3) is 0 Å². The van der Waals surface area contributed by atoms with Gasteiger partial charge in [-0.1, -0.05) is 6.92 Å². The molecule has 5 N–H and O–H groups in total. The largest absolute Gasteiger partial charge is 0.397 e. The van der Waals surface area contributed by atoms with Gasteiger partial charge in [0.2, 0.25) is 11.8 Å². The number of hydrogen-bond donors (Lipinski definition) is 3. The summed E-state index contributed by atoms with van der Waals surface area (Å²) >= 11 is 0. The highest BCUT2D eigenvalue weighted by Gasteiger charge is 2.12. The molecule has 104 valence electrons. The van der Waals surface area contributed by atoms with Crippen LogP contribution in [-0.4, -0.2) is 36.3 Å². The summed E-state index contributed by atoms with van der Waals surface area (Å²) in [6, 6.07) is 3.70. The number of rotatable bonds is 6. The Kier molecular flexibility index (Phi) is 5.25. The van der Waals surface area contributed by atoms with Gasteiger partial charge in [0.25, 0.3) is 0 Å². The van der Waals surface area contributed by atoms with Gasteiger partial charge in [0.15, 0.2) is 0 Å². The van der Waals surface area contributed by atoms with E-state index in [-0.39, 0.29) is 24.7 Å². The molecule has 0 bridgehead atoms. The molecule has 0 spiro atoms. The quantitative estimate of drug-likeness (QED) is 0.639. The van der Waals surface area contributed by atoms with Crippen molar-refractivity contribution >= 4 is 23.2 Å². The van der Waals surface area contributed by atoms with E-state index in [1.807, 2.05) is 6.92 Å². The number of carbonyl (C=O) groups excluding carboxylic acids is 2. The van der Waals surface area contributed by atoms with Crippen LogP contribution in [0.5, 0.6) is 0 Å². The molecule has 0 aliphatic carbocycles. The number of hydrogen-bond acceptors (Lipinski definition) is 4. The molecule has 0 unspecified atom stereocenters. The third-order valence-corrected chi connectivity index (χ3v) is 2.48. The second-order valence-electron chi connectivity index (χ2n) is 4.05. The highest BCUT2D eigenvalue weighted by Crippen LogP contribution is 2.18. The first kappa shape index (κ1) is 14.9. The first-order valence-electron chi connectivity index (χ1n) is 5.78. The van der Waals surface area contributed by atoms with E-state index < -0.39 is 11.7 Å². The normalized spacial score (nSPS) is 10.5. The van der Waals surface area contributed by atoms with Gasteiger partial charge in [-0.2, -0.15) is 0 Å². The third-order valence-electron chi connectivity index (χ3n) is 2.48.